The number of hydrogen-bond acceptors (Lipinski definition) is 3. The van der Waals surface area contributed by atoms with E-state index in [1.165, 1.54) is 12.1 Å². The molecule has 2 aromatic heterocycles. The Morgan fingerprint density at radius 3 is 3.13 bits per heavy atom. The Hall–Kier alpha value is -2.21. The smallest absolute Gasteiger partial charge is 0.254 e. The summed E-state index contributed by atoms with van der Waals surface area (Å²) in [6.45, 7) is 0.685. The van der Waals surface area contributed by atoms with Crippen LogP contribution in [0.3, 0.4) is 0 Å². The van der Waals surface area contributed by atoms with Crippen LogP contribution >= 0.6 is 11.3 Å². The lowest BCUT2D eigenvalue weighted by Gasteiger charge is -2.35. The van der Waals surface area contributed by atoms with Gasteiger partial charge in [-0.05, 0) is 37.5 Å². The average Bonchev–Trinajstić information content (AvgIpc) is 3.17. The molecular weight excluding hydrogens is 313 g/mol. The first-order chi connectivity index (χ1) is 11.2. The zero-order valence-corrected chi connectivity index (χ0v) is 13.3. The number of rotatable bonds is 2. The number of carbonyl (C=O) groups excluding carboxylic acids is 1. The van der Waals surface area contributed by atoms with Crippen molar-refractivity contribution in [1.29, 1.82) is 0 Å². The molecule has 1 fully saturated rings. The summed E-state index contributed by atoms with van der Waals surface area (Å²) in [5, 5.41) is 2.02. The summed E-state index contributed by atoms with van der Waals surface area (Å²) in [5.74, 6) is -0.501. The minimum Gasteiger partial charge on any atom is -0.330 e. The molecule has 0 bridgehead atoms. The molecule has 1 aromatic carbocycles. The van der Waals surface area contributed by atoms with E-state index in [0.717, 1.165) is 29.8 Å². The number of hydrogen-bond donors (Lipinski definition) is 0. The van der Waals surface area contributed by atoms with E-state index in [1.54, 1.807) is 29.8 Å². The van der Waals surface area contributed by atoms with E-state index >= 15 is 0 Å². The van der Waals surface area contributed by atoms with E-state index in [0.29, 0.717) is 12.1 Å². The number of thiazole rings is 1. The largest absolute Gasteiger partial charge is 0.330 e. The van der Waals surface area contributed by atoms with Crippen LogP contribution in [0.4, 0.5) is 4.39 Å². The molecule has 1 atom stereocenters. The van der Waals surface area contributed by atoms with Crippen LogP contribution in [0.25, 0.3) is 4.83 Å². The highest BCUT2D eigenvalue weighted by Crippen LogP contribution is 2.34. The van der Waals surface area contributed by atoms with Gasteiger partial charge in [-0.2, -0.15) is 0 Å². The fraction of sp³-hybridized carbons (Fsp3) is 0.294. The van der Waals surface area contributed by atoms with E-state index in [4.69, 9.17) is 0 Å². The SMILES string of the molecule is O=C(c1cccc(F)c1)N1CCCC[C@H]1c1ncn2ccsc12. The fourth-order valence-corrected chi connectivity index (χ4v) is 4.09. The number of nitrogens with zero attached hydrogens (tertiary/aromatic N) is 3. The van der Waals surface area contributed by atoms with E-state index in [2.05, 4.69) is 4.98 Å². The molecule has 23 heavy (non-hydrogen) atoms. The first-order valence-corrected chi connectivity index (χ1v) is 8.58. The lowest BCUT2D eigenvalue weighted by atomic mass is 9.98. The highest BCUT2D eigenvalue weighted by atomic mass is 32.1. The highest BCUT2D eigenvalue weighted by molar-refractivity contribution is 7.15. The van der Waals surface area contributed by atoms with Gasteiger partial charge in [0.2, 0.25) is 0 Å². The zero-order chi connectivity index (χ0) is 15.8. The van der Waals surface area contributed by atoms with Crippen molar-refractivity contribution in [3.63, 3.8) is 0 Å². The maximum atomic E-state index is 13.4. The van der Waals surface area contributed by atoms with Crippen molar-refractivity contribution in [1.82, 2.24) is 14.3 Å². The normalized spacial score (nSPS) is 18.5. The molecule has 4 rings (SSSR count). The summed E-state index contributed by atoms with van der Waals surface area (Å²) in [7, 11) is 0. The van der Waals surface area contributed by atoms with E-state index in [1.807, 2.05) is 20.9 Å². The lowest BCUT2D eigenvalue weighted by Crippen LogP contribution is -2.38. The van der Waals surface area contributed by atoms with Crippen molar-refractivity contribution in [3.8, 4) is 0 Å². The molecule has 0 radical (unpaired) electrons. The second kappa shape index (κ2) is 5.77. The third kappa shape index (κ3) is 2.53. The third-order valence-corrected chi connectivity index (χ3v) is 5.23. The number of carbonyl (C=O) groups is 1. The standard InChI is InChI=1S/C17H16FN3OS/c18-13-5-3-4-12(10-13)16(22)21-7-2-1-6-14(21)15-17-20(11-19-15)8-9-23-17/h3-5,8-11,14H,1-2,6-7H2/t14-/m0/s1. The molecule has 3 aromatic rings. The fourth-order valence-electron chi connectivity index (χ4n) is 3.23. The quantitative estimate of drug-likeness (QED) is 0.715. The number of halogens is 1. The summed E-state index contributed by atoms with van der Waals surface area (Å²) in [6, 6.07) is 5.88. The first kappa shape index (κ1) is 14.4. The van der Waals surface area contributed by atoms with Crippen molar-refractivity contribution in [3.05, 3.63) is 59.2 Å². The van der Waals surface area contributed by atoms with Crippen LogP contribution < -0.4 is 0 Å². The van der Waals surface area contributed by atoms with E-state index in [-0.39, 0.29) is 17.8 Å². The second-order valence-electron chi connectivity index (χ2n) is 5.77. The van der Waals surface area contributed by atoms with Gasteiger partial charge in [0.05, 0.1) is 11.7 Å². The number of imidazole rings is 1. The Labute approximate surface area is 137 Å². The van der Waals surface area contributed by atoms with Crippen molar-refractivity contribution in [2.45, 2.75) is 25.3 Å². The molecule has 1 saturated heterocycles. The molecule has 0 spiro atoms. The highest BCUT2D eigenvalue weighted by Gasteiger charge is 2.31. The van der Waals surface area contributed by atoms with Gasteiger partial charge in [-0.1, -0.05) is 6.07 Å². The van der Waals surface area contributed by atoms with Gasteiger partial charge >= 0.3 is 0 Å². The van der Waals surface area contributed by atoms with Crippen molar-refractivity contribution in [2.24, 2.45) is 0 Å². The minimum atomic E-state index is -0.382. The third-order valence-electron chi connectivity index (χ3n) is 4.33. The van der Waals surface area contributed by atoms with Gasteiger partial charge in [0.25, 0.3) is 5.91 Å². The summed E-state index contributed by atoms with van der Waals surface area (Å²) in [5.41, 5.74) is 1.35. The zero-order valence-electron chi connectivity index (χ0n) is 12.5. The van der Waals surface area contributed by atoms with Gasteiger partial charge < -0.3 is 4.90 Å². The van der Waals surface area contributed by atoms with E-state index < -0.39 is 0 Å². The first-order valence-electron chi connectivity index (χ1n) is 7.70. The van der Waals surface area contributed by atoms with Crippen LogP contribution in [0.1, 0.15) is 41.4 Å². The number of fused-ring (bicyclic) bond motifs is 1. The Bertz CT molecular complexity index is 856. The topological polar surface area (TPSA) is 37.6 Å². The number of likely N-dealkylation sites (tertiary alicyclic amines) is 1. The molecule has 118 valence electrons. The van der Waals surface area contributed by atoms with Gasteiger partial charge in [0.15, 0.2) is 0 Å². The van der Waals surface area contributed by atoms with Gasteiger partial charge in [-0.15, -0.1) is 11.3 Å². The van der Waals surface area contributed by atoms with Gasteiger partial charge in [-0.25, -0.2) is 9.37 Å². The van der Waals surface area contributed by atoms with Gasteiger partial charge in [0, 0.05) is 23.7 Å². The monoisotopic (exact) mass is 329 g/mol. The molecule has 1 aliphatic heterocycles. The predicted octanol–water partition coefficient (Wildman–Crippen LogP) is 3.90. The molecule has 4 nitrogen and oxygen atoms in total. The number of aromatic nitrogens is 2. The van der Waals surface area contributed by atoms with E-state index in [9.17, 15) is 9.18 Å². The molecule has 6 heteroatoms. The number of benzene rings is 1. The van der Waals surface area contributed by atoms with Crippen molar-refractivity contribution < 1.29 is 9.18 Å². The van der Waals surface area contributed by atoms with Crippen LogP contribution in [-0.4, -0.2) is 26.7 Å². The van der Waals surface area contributed by atoms with Crippen LogP contribution in [0.5, 0.6) is 0 Å². The predicted molar refractivity (Wildman–Crippen MR) is 87.1 cm³/mol. The van der Waals surface area contributed by atoms with Crippen LogP contribution in [0, 0.1) is 5.82 Å². The summed E-state index contributed by atoms with van der Waals surface area (Å²) in [4.78, 5) is 20.3. The maximum Gasteiger partial charge on any atom is 0.254 e. The summed E-state index contributed by atoms with van der Waals surface area (Å²) in [6.07, 6.45) is 6.70. The second-order valence-corrected chi connectivity index (χ2v) is 6.66. The summed E-state index contributed by atoms with van der Waals surface area (Å²) < 4.78 is 15.4. The molecule has 1 amide bonds. The lowest BCUT2D eigenvalue weighted by molar-refractivity contribution is 0.0608. The molecule has 1 aliphatic rings. The molecule has 0 N–H and O–H groups in total. The minimum absolute atomic E-state index is 0.0387. The number of piperidine rings is 1. The maximum absolute atomic E-state index is 13.4. The average molecular weight is 329 g/mol. The Balaban J connectivity index is 1.71. The Morgan fingerprint density at radius 2 is 2.26 bits per heavy atom. The molecular formula is C17H16FN3OS. The molecule has 3 heterocycles. The number of amides is 1. The Morgan fingerprint density at radius 1 is 1.35 bits per heavy atom. The van der Waals surface area contributed by atoms with Crippen LogP contribution in [-0.2, 0) is 0 Å². The summed E-state index contributed by atoms with van der Waals surface area (Å²) >= 11 is 1.63. The van der Waals surface area contributed by atoms with Crippen molar-refractivity contribution in [2.75, 3.05) is 6.54 Å². The van der Waals surface area contributed by atoms with Crippen LogP contribution in [0.15, 0.2) is 42.2 Å². The molecule has 0 unspecified atom stereocenters. The van der Waals surface area contributed by atoms with Gasteiger partial charge in [0.1, 0.15) is 17.0 Å². The van der Waals surface area contributed by atoms with Gasteiger partial charge in [-0.3, -0.25) is 9.20 Å². The Kier molecular flexibility index (Phi) is 3.61. The van der Waals surface area contributed by atoms with Crippen molar-refractivity contribution >= 4 is 22.1 Å². The molecule has 0 aliphatic carbocycles. The van der Waals surface area contributed by atoms with Crippen LogP contribution in [0.2, 0.25) is 0 Å². The molecule has 0 saturated carbocycles.